The number of benzene rings is 2. The topological polar surface area (TPSA) is 85.9 Å². The van der Waals surface area contributed by atoms with Gasteiger partial charge in [-0.2, -0.15) is 5.10 Å². The van der Waals surface area contributed by atoms with E-state index in [1.807, 2.05) is 42.5 Å². The molecule has 0 aliphatic heterocycles. The molecular formula is C19H20BrN3O3. The Balaban J connectivity index is 1.94. The average Bonchev–Trinajstić information content (AvgIpc) is 2.61. The van der Waals surface area contributed by atoms with Gasteiger partial charge in [-0.25, -0.2) is 10.2 Å². The fourth-order valence-electron chi connectivity index (χ4n) is 2.19. The maximum atomic E-state index is 10.7. The number of nitrogens with two attached hydrogens (primary N) is 1. The molecule has 7 heteroatoms. The van der Waals surface area contributed by atoms with Gasteiger partial charge in [-0.3, -0.25) is 0 Å². The summed E-state index contributed by atoms with van der Waals surface area (Å²) in [4.78, 5) is 10.7. The molecule has 0 radical (unpaired) electrons. The van der Waals surface area contributed by atoms with Crippen LogP contribution in [0, 0.1) is 0 Å². The van der Waals surface area contributed by atoms with Crippen molar-refractivity contribution in [2.45, 2.75) is 6.42 Å². The average molecular weight is 418 g/mol. The highest BCUT2D eigenvalue weighted by molar-refractivity contribution is 9.10. The van der Waals surface area contributed by atoms with Crippen LogP contribution in [0.25, 0.3) is 0 Å². The molecular weight excluding hydrogens is 398 g/mol. The molecule has 0 atom stereocenters. The van der Waals surface area contributed by atoms with Gasteiger partial charge >= 0.3 is 6.03 Å². The van der Waals surface area contributed by atoms with Gasteiger partial charge < -0.3 is 15.2 Å². The monoisotopic (exact) mass is 417 g/mol. The van der Waals surface area contributed by atoms with Crippen LogP contribution >= 0.6 is 15.9 Å². The first kappa shape index (κ1) is 19.5. The Morgan fingerprint density at radius 1 is 1.19 bits per heavy atom. The number of halogens is 1. The molecule has 6 nitrogen and oxygen atoms in total. The van der Waals surface area contributed by atoms with Crippen LogP contribution in [0.15, 0.2) is 64.7 Å². The molecule has 0 spiro atoms. The van der Waals surface area contributed by atoms with Gasteiger partial charge in [0, 0.05) is 10.0 Å². The number of allylic oxidation sites excluding steroid dienone is 1. The second-order valence-corrected chi connectivity index (χ2v) is 6.13. The van der Waals surface area contributed by atoms with Gasteiger partial charge in [0.25, 0.3) is 0 Å². The SMILES string of the molecule is C=CCc1ccccc1OCCOc1ccc(Br)cc1/C=N/NC(N)=O. The van der Waals surface area contributed by atoms with Crippen LogP contribution < -0.4 is 20.6 Å². The van der Waals surface area contributed by atoms with Crippen LogP contribution in [0.2, 0.25) is 0 Å². The predicted molar refractivity (Wildman–Crippen MR) is 106 cm³/mol. The standard InChI is InChI=1S/C19H20BrN3O3/c1-2-5-14-6-3-4-7-17(14)25-10-11-26-18-9-8-16(20)12-15(18)13-22-23-19(21)24/h2-4,6-9,12-13H,1,5,10-11H2,(H3,21,23,24)/b22-13+. The smallest absolute Gasteiger partial charge is 0.332 e. The fourth-order valence-corrected chi connectivity index (χ4v) is 2.57. The Kier molecular flexibility index (Phi) is 7.70. The summed E-state index contributed by atoms with van der Waals surface area (Å²) < 4.78 is 12.4. The summed E-state index contributed by atoms with van der Waals surface area (Å²) in [6.45, 7) is 4.50. The van der Waals surface area contributed by atoms with Gasteiger partial charge in [0.15, 0.2) is 0 Å². The molecule has 2 aromatic carbocycles. The molecule has 2 rings (SSSR count). The molecule has 0 saturated heterocycles. The number of primary amides is 1. The molecule has 0 aliphatic carbocycles. The zero-order valence-electron chi connectivity index (χ0n) is 14.2. The minimum absolute atomic E-state index is 0.355. The van der Waals surface area contributed by atoms with Crippen LogP contribution in [0.4, 0.5) is 4.79 Å². The number of hydrogen-bond donors (Lipinski definition) is 2. The maximum absolute atomic E-state index is 10.7. The molecule has 0 saturated carbocycles. The highest BCUT2D eigenvalue weighted by atomic mass is 79.9. The van der Waals surface area contributed by atoms with Crippen LogP contribution in [0.5, 0.6) is 11.5 Å². The van der Waals surface area contributed by atoms with Crippen molar-refractivity contribution in [2.75, 3.05) is 13.2 Å². The number of rotatable bonds is 9. The Hall–Kier alpha value is -2.80. The van der Waals surface area contributed by atoms with E-state index in [1.54, 1.807) is 6.07 Å². The molecule has 26 heavy (non-hydrogen) atoms. The first-order chi connectivity index (χ1) is 12.6. The number of hydrazone groups is 1. The van der Waals surface area contributed by atoms with E-state index in [0.717, 1.165) is 22.2 Å². The third-order valence-corrected chi connectivity index (χ3v) is 3.78. The van der Waals surface area contributed by atoms with Crippen molar-refractivity contribution in [3.63, 3.8) is 0 Å². The molecule has 2 amide bonds. The number of carbonyl (C=O) groups excluding carboxylic acids is 1. The number of carbonyl (C=O) groups is 1. The zero-order valence-corrected chi connectivity index (χ0v) is 15.7. The summed E-state index contributed by atoms with van der Waals surface area (Å²) in [5, 5.41) is 3.76. The molecule has 3 N–H and O–H groups in total. The molecule has 0 bridgehead atoms. The maximum Gasteiger partial charge on any atom is 0.332 e. The molecule has 0 aliphatic rings. The lowest BCUT2D eigenvalue weighted by Gasteiger charge is -2.12. The molecule has 0 fully saturated rings. The second-order valence-electron chi connectivity index (χ2n) is 5.21. The minimum Gasteiger partial charge on any atom is -0.490 e. The number of urea groups is 1. The Bertz CT molecular complexity index is 793. The normalized spacial score (nSPS) is 10.5. The lowest BCUT2D eigenvalue weighted by molar-refractivity contribution is 0.216. The van der Waals surface area contributed by atoms with Gasteiger partial charge in [-0.1, -0.05) is 40.2 Å². The fraction of sp³-hybridized carbons (Fsp3) is 0.158. The largest absolute Gasteiger partial charge is 0.490 e. The molecule has 0 heterocycles. The summed E-state index contributed by atoms with van der Waals surface area (Å²) >= 11 is 3.39. The minimum atomic E-state index is -0.731. The summed E-state index contributed by atoms with van der Waals surface area (Å²) in [7, 11) is 0. The van der Waals surface area contributed by atoms with E-state index in [-0.39, 0.29) is 0 Å². The highest BCUT2D eigenvalue weighted by Crippen LogP contribution is 2.22. The number of nitrogens with one attached hydrogen (secondary N) is 1. The van der Waals surface area contributed by atoms with Crippen molar-refractivity contribution >= 4 is 28.2 Å². The van der Waals surface area contributed by atoms with Gasteiger partial charge in [-0.15, -0.1) is 6.58 Å². The Morgan fingerprint density at radius 2 is 1.92 bits per heavy atom. The van der Waals surface area contributed by atoms with Gasteiger partial charge in [0.05, 0.1) is 6.21 Å². The van der Waals surface area contributed by atoms with Crippen LogP contribution in [0.3, 0.4) is 0 Å². The Morgan fingerprint density at radius 3 is 2.65 bits per heavy atom. The van der Waals surface area contributed by atoms with Crippen LogP contribution in [-0.2, 0) is 6.42 Å². The summed E-state index contributed by atoms with van der Waals surface area (Å²) in [5.41, 5.74) is 8.91. The van der Waals surface area contributed by atoms with Gasteiger partial charge in [0.2, 0.25) is 0 Å². The third-order valence-electron chi connectivity index (χ3n) is 3.29. The van der Waals surface area contributed by atoms with E-state index in [9.17, 15) is 4.79 Å². The van der Waals surface area contributed by atoms with Crippen molar-refractivity contribution in [1.82, 2.24) is 5.43 Å². The van der Waals surface area contributed by atoms with Crippen molar-refractivity contribution in [3.8, 4) is 11.5 Å². The number of hydrogen-bond acceptors (Lipinski definition) is 4. The highest BCUT2D eigenvalue weighted by Gasteiger charge is 2.05. The quantitative estimate of drug-likeness (QED) is 0.282. The summed E-state index contributed by atoms with van der Waals surface area (Å²) in [6.07, 6.45) is 4.05. The van der Waals surface area contributed by atoms with Gasteiger partial charge in [-0.05, 0) is 36.2 Å². The lowest BCUT2D eigenvalue weighted by Crippen LogP contribution is -2.24. The van der Waals surface area contributed by atoms with E-state index in [1.165, 1.54) is 6.21 Å². The Labute approximate surface area is 160 Å². The van der Waals surface area contributed by atoms with Crippen molar-refractivity contribution < 1.29 is 14.3 Å². The number of nitrogens with zero attached hydrogens (tertiary/aromatic N) is 1. The van der Waals surface area contributed by atoms with E-state index < -0.39 is 6.03 Å². The first-order valence-electron chi connectivity index (χ1n) is 7.92. The van der Waals surface area contributed by atoms with E-state index >= 15 is 0 Å². The van der Waals surface area contributed by atoms with Crippen LogP contribution in [0.1, 0.15) is 11.1 Å². The van der Waals surface area contributed by atoms with Crippen molar-refractivity contribution in [2.24, 2.45) is 10.8 Å². The third kappa shape index (κ3) is 6.25. The molecule has 136 valence electrons. The van der Waals surface area contributed by atoms with Crippen molar-refractivity contribution in [1.29, 1.82) is 0 Å². The zero-order chi connectivity index (χ0) is 18.8. The van der Waals surface area contributed by atoms with Gasteiger partial charge in [0.1, 0.15) is 24.7 Å². The van der Waals surface area contributed by atoms with Crippen LogP contribution in [-0.4, -0.2) is 25.5 Å². The lowest BCUT2D eigenvalue weighted by atomic mass is 10.1. The molecule has 2 aromatic rings. The number of para-hydroxylation sites is 1. The van der Waals surface area contributed by atoms with E-state index in [0.29, 0.717) is 24.5 Å². The first-order valence-corrected chi connectivity index (χ1v) is 8.72. The summed E-state index contributed by atoms with van der Waals surface area (Å²) in [6, 6.07) is 12.6. The second kappa shape index (κ2) is 10.2. The predicted octanol–water partition coefficient (Wildman–Crippen LogP) is 3.64. The van der Waals surface area contributed by atoms with Crippen molar-refractivity contribution in [3.05, 3.63) is 70.7 Å². The van der Waals surface area contributed by atoms with E-state index in [2.05, 4.69) is 33.0 Å². The molecule has 0 unspecified atom stereocenters. The summed E-state index contributed by atoms with van der Waals surface area (Å²) in [5.74, 6) is 1.44. The number of ether oxygens (including phenoxy) is 2. The number of amides is 2. The molecule has 0 aromatic heterocycles. The van der Waals surface area contributed by atoms with E-state index in [4.69, 9.17) is 15.2 Å².